The molecule has 0 saturated carbocycles. The maximum atomic E-state index is 2.29. The van der Waals surface area contributed by atoms with Gasteiger partial charge in [0.2, 0.25) is 0 Å². The SMILES string of the molecule is CCC[CH]([Cd])CC. The molecule has 1 atom stereocenters. The van der Waals surface area contributed by atoms with Crippen molar-refractivity contribution in [1.82, 2.24) is 0 Å². The number of hydrogen-bond donors (Lipinski definition) is 0. The zero-order chi connectivity index (χ0) is 5.70. The van der Waals surface area contributed by atoms with Gasteiger partial charge in [-0.3, -0.25) is 0 Å². The molecule has 0 saturated heterocycles. The average Bonchev–Trinajstić information content (AvgIpc) is 1.68. The summed E-state index contributed by atoms with van der Waals surface area (Å²) in [6.45, 7) is 4.56. The fourth-order valence-electron chi connectivity index (χ4n) is 0.612. The van der Waals surface area contributed by atoms with Crippen molar-refractivity contribution < 1.29 is 25.8 Å². The molecule has 0 bridgehead atoms. The van der Waals surface area contributed by atoms with E-state index in [4.69, 9.17) is 0 Å². The molecule has 0 aliphatic carbocycles. The van der Waals surface area contributed by atoms with E-state index in [9.17, 15) is 0 Å². The van der Waals surface area contributed by atoms with Crippen LogP contribution in [0.25, 0.3) is 0 Å². The van der Waals surface area contributed by atoms with Gasteiger partial charge in [0.25, 0.3) is 0 Å². The summed E-state index contributed by atoms with van der Waals surface area (Å²) >= 11 is 1.20. The van der Waals surface area contributed by atoms with E-state index in [2.05, 4.69) is 13.8 Å². The van der Waals surface area contributed by atoms with Gasteiger partial charge in [0, 0.05) is 0 Å². The molecule has 0 amide bonds. The summed E-state index contributed by atoms with van der Waals surface area (Å²) in [6.07, 6.45) is 4.28. The van der Waals surface area contributed by atoms with Crippen LogP contribution in [0, 0.1) is 0 Å². The van der Waals surface area contributed by atoms with E-state index in [1.54, 1.807) is 0 Å². The van der Waals surface area contributed by atoms with Crippen LogP contribution in [0.15, 0.2) is 0 Å². The van der Waals surface area contributed by atoms with Gasteiger partial charge < -0.3 is 0 Å². The Morgan fingerprint density at radius 2 is 2.00 bits per heavy atom. The Morgan fingerprint density at radius 1 is 1.43 bits per heavy atom. The minimum atomic E-state index is 1.12. The third-order valence-corrected chi connectivity index (χ3v) is 4.09. The molecule has 0 aliphatic rings. The van der Waals surface area contributed by atoms with Crippen molar-refractivity contribution in [2.24, 2.45) is 0 Å². The standard InChI is InChI=1S/C6H13.Cd/c1-3-5-6-4-2;/h5H,3-4,6H2,1-2H3;. The molecular formula is C6H13Cd. The van der Waals surface area contributed by atoms with Crippen LogP contribution >= 0.6 is 0 Å². The minimum absolute atomic E-state index is 1.12. The van der Waals surface area contributed by atoms with Crippen LogP contribution in [0.1, 0.15) is 33.1 Å². The fourth-order valence-corrected chi connectivity index (χ4v) is 1.78. The van der Waals surface area contributed by atoms with Crippen molar-refractivity contribution in [3.05, 3.63) is 0 Å². The molecule has 0 aromatic rings. The predicted molar refractivity (Wildman–Crippen MR) is 28.9 cm³/mol. The van der Waals surface area contributed by atoms with Crippen molar-refractivity contribution in [2.45, 2.75) is 36.6 Å². The van der Waals surface area contributed by atoms with Gasteiger partial charge >= 0.3 is 62.4 Å². The first-order valence-corrected chi connectivity index (χ1v) is 5.47. The molecule has 0 radical (unpaired) electrons. The normalized spacial score (nSPS) is 14.3. The topological polar surface area (TPSA) is 0 Å². The number of hydrogen-bond acceptors (Lipinski definition) is 0. The molecule has 0 aliphatic heterocycles. The quantitative estimate of drug-likeness (QED) is 0.610. The molecule has 0 nitrogen and oxygen atoms in total. The summed E-state index contributed by atoms with van der Waals surface area (Å²) in [7, 11) is 0. The average molecular weight is 198 g/mol. The van der Waals surface area contributed by atoms with Crippen molar-refractivity contribution in [3.8, 4) is 0 Å². The summed E-state index contributed by atoms with van der Waals surface area (Å²) in [5, 5.41) is 0. The molecule has 0 spiro atoms. The first kappa shape index (κ1) is 7.92. The second-order valence-corrected chi connectivity index (χ2v) is 5.36. The van der Waals surface area contributed by atoms with Gasteiger partial charge in [-0.1, -0.05) is 0 Å². The van der Waals surface area contributed by atoms with Crippen LogP contribution < -0.4 is 0 Å². The Labute approximate surface area is 62.4 Å². The van der Waals surface area contributed by atoms with Crippen molar-refractivity contribution in [2.75, 3.05) is 0 Å². The van der Waals surface area contributed by atoms with Crippen molar-refractivity contribution in [1.29, 1.82) is 0 Å². The predicted octanol–water partition coefficient (Wildman–Crippen LogP) is 2.53. The van der Waals surface area contributed by atoms with E-state index in [1.165, 1.54) is 45.0 Å². The van der Waals surface area contributed by atoms with Gasteiger partial charge in [-0.2, -0.15) is 0 Å². The molecule has 0 fully saturated rings. The van der Waals surface area contributed by atoms with Crippen molar-refractivity contribution >= 4 is 0 Å². The van der Waals surface area contributed by atoms with E-state index in [0.717, 1.165) is 3.48 Å². The molecule has 0 aromatic carbocycles. The Morgan fingerprint density at radius 3 is 2.14 bits per heavy atom. The van der Waals surface area contributed by atoms with Crippen LogP contribution in [0.4, 0.5) is 0 Å². The summed E-state index contributed by atoms with van der Waals surface area (Å²) in [6, 6.07) is 0. The molecule has 1 unspecified atom stereocenters. The van der Waals surface area contributed by atoms with Gasteiger partial charge in [-0.15, -0.1) is 0 Å². The van der Waals surface area contributed by atoms with Gasteiger partial charge in [-0.05, 0) is 0 Å². The van der Waals surface area contributed by atoms with Gasteiger partial charge in [0.05, 0.1) is 0 Å². The number of rotatable bonds is 3. The molecule has 0 aromatic heterocycles. The Hall–Kier alpha value is 0.922. The van der Waals surface area contributed by atoms with Crippen molar-refractivity contribution in [3.63, 3.8) is 0 Å². The molecule has 0 rings (SSSR count). The van der Waals surface area contributed by atoms with Crippen LogP contribution in [0.5, 0.6) is 0 Å². The molecule has 0 N–H and O–H groups in total. The second kappa shape index (κ2) is 5.07. The van der Waals surface area contributed by atoms with Gasteiger partial charge in [0.15, 0.2) is 0 Å². The summed E-state index contributed by atoms with van der Waals surface area (Å²) in [5.41, 5.74) is 0. The third-order valence-electron chi connectivity index (χ3n) is 1.27. The Bertz CT molecular complexity index is 35.2. The van der Waals surface area contributed by atoms with Crippen LogP contribution in [-0.2, 0) is 25.8 Å². The van der Waals surface area contributed by atoms with Gasteiger partial charge in [-0.25, -0.2) is 0 Å². The molecular weight excluding hydrogens is 184 g/mol. The molecule has 0 heterocycles. The first-order valence-electron chi connectivity index (χ1n) is 3.14. The fraction of sp³-hybridized carbons (Fsp3) is 1.00. The van der Waals surface area contributed by atoms with E-state index in [1.807, 2.05) is 0 Å². The third kappa shape index (κ3) is 4.78. The zero-order valence-electron chi connectivity index (χ0n) is 5.41. The summed E-state index contributed by atoms with van der Waals surface area (Å²) < 4.78 is 1.12. The maximum absolute atomic E-state index is 2.29. The summed E-state index contributed by atoms with van der Waals surface area (Å²) in [4.78, 5) is 0. The van der Waals surface area contributed by atoms with Crippen LogP contribution in [0.3, 0.4) is 0 Å². The summed E-state index contributed by atoms with van der Waals surface area (Å²) in [5.74, 6) is 0. The second-order valence-electron chi connectivity index (χ2n) is 2.06. The van der Waals surface area contributed by atoms with Gasteiger partial charge in [0.1, 0.15) is 0 Å². The van der Waals surface area contributed by atoms with E-state index in [-0.39, 0.29) is 0 Å². The van der Waals surface area contributed by atoms with E-state index in [0.29, 0.717) is 0 Å². The van der Waals surface area contributed by atoms with Crippen LogP contribution in [-0.4, -0.2) is 0 Å². The van der Waals surface area contributed by atoms with E-state index >= 15 is 0 Å². The molecule has 7 heavy (non-hydrogen) atoms. The first-order chi connectivity index (χ1) is 3.31. The Kier molecular flexibility index (Phi) is 5.73. The van der Waals surface area contributed by atoms with E-state index < -0.39 is 0 Å². The monoisotopic (exact) mass is 199 g/mol. The Balaban J connectivity index is 2.83. The zero-order valence-corrected chi connectivity index (χ0v) is 9.44. The van der Waals surface area contributed by atoms with Crippen LogP contribution in [0.2, 0.25) is 3.48 Å². The molecule has 39 valence electrons. The molecule has 1 heteroatoms.